The van der Waals surface area contributed by atoms with Gasteiger partial charge in [-0.05, 0) is 20.8 Å². The summed E-state index contributed by atoms with van der Waals surface area (Å²) in [4.78, 5) is 18.5. The molecule has 0 unspecified atom stereocenters. The maximum atomic E-state index is 11.1. The topological polar surface area (TPSA) is 61.3 Å². The summed E-state index contributed by atoms with van der Waals surface area (Å²) in [7, 11) is 0. The minimum atomic E-state index is -0.767. The highest BCUT2D eigenvalue weighted by molar-refractivity contribution is 5.63. The van der Waals surface area contributed by atoms with Crippen molar-refractivity contribution in [3.63, 3.8) is 0 Å². The molecule has 76 valence electrons. The summed E-state index contributed by atoms with van der Waals surface area (Å²) in [6.45, 7) is 5.27. The van der Waals surface area contributed by atoms with E-state index in [0.717, 1.165) is 0 Å². The molecule has 1 rings (SSSR count). The molecule has 5 heteroatoms. The molecular weight excluding hydrogens is 184 g/mol. The first kappa shape index (κ1) is 10.4. The zero-order valence-electron chi connectivity index (χ0n) is 8.35. The van der Waals surface area contributed by atoms with Crippen molar-refractivity contribution in [1.82, 2.24) is 9.97 Å². The second-order valence-corrected chi connectivity index (χ2v) is 3.61. The van der Waals surface area contributed by atoms with Gasteiger partial charge in [0.25, 0.3) is 0 Å². The fourth-order valence-corrected chi connectivity index (χ4v) is 0.695. The lowest BCUT2D eigenvalue weighted by Crippen LogP contribution is -2.26. The molecule has 0 radical (unpaired) electrons. The van der Waals surface area contributed by atoms with Crippen LogP contribution in [0.2, 0.25) is 0 Å². The van der Waals surface area contributed by atoms with Gasteiger partial charge in [-0.2, -0.15) is 0 Å². The summed E-state index contributed by atoms with van der Waals surface area (Å²) < 4.78 is 9.70. The number of ether oxygens (including phenoxy) is 2. The number of aromatic nitrogens is 2. The molecule has 0 fully saturated rings. The Hall–Kier alpha value is -1.65. The van der Waals surface area contributed by atoms with E-state index in [9.17, 15) is 4.79 Å². The highest BCUT2D eigenvalue weighted by Gasteiger charge is 2.18. The van der Waals surface area contributed by atoms with Gasteiger partial charge in [-0.1, -0.05) is 0 Å². The van der Waals surface area contributed by atoms with E-state index in [1.54, 1.807) is 20.8 Å². The van der Waals surface area contributed by atoms with Crippen LogP contribution < -0.4 is 4.74 Å². The molecule has 0 spiro atoms. The normalized spacial score (nSPS) is 10.8. The molecule has 1 heterocycles. The van der Waals surface area contributed by atoms with Crippen LogP contribution in [-0.2, 0) is 4.74 Å². The number of nitrogens with zero attached hydrogens (tertiary/aromatic N) is 2. The van der Waals surface area contributed by atoms with Crippen molar-refractivity contribution < 1.29 is 14.3 Å². The first-order valence-electron chi connectivity index (χ1n) is 4.14. The van der Waals surface area contributed by atoms with Crippen LogP contribution in [0.3, 0.4) is 0 Å². The Balaban J connectivity index is 2.50. The molecule has 0 amide bonds. The van der Waals surface area contributed by atoms with Crippen LogP contribution in [0.25, 0.3) is 0 Å². The zero-order valence-corrected chi connectivity index (χ0v) is 8.35. The smallest absolute Gasteiger partial charge is 0.428 e. The minimum absolute atomic E-state index is 0.175. The van der Waals surface area contributed by atoms with Crippen LogP contribution in [0.15, 0.2) is 18.6 Å². The van der Waals surface area contributed by atoms with Crippen molar-refractivity contribution in [3.8, 4) is 5.88 Å². The van der Waals surface area contributed by atoms with Crippen LogP contribution >= 0.6 is 0 Å². The molecule has 14 heavy (non-hydrogen) atoms. The molecule has 0 aromatic carbocycles. The average molecular weight is 196 g/mol. The first-order valence-corrected chi connectivity index (χ1v) is 4.14. The Kier molecular flexibility index (Phi) is 3.01. The van der Waals surface area contributed by atoms with Crippen LogP contribution in [0.4, 0.5) is 4.79 Å². The maximum Gasteiger partial charge on any atom is 0.515 e. The van der Waals surface area contributed by atoms with Crippen LogP contribution in [0.5, 0.6) is 5.88 Å². The molecule has 0 N–H and O–H groups in total. The van der Waals surface area contributed by atoms with Crippen molar-refractivity contribution in [2.45, 2.75) is 26.4 Å². The van der Waals surface area contributed by atoms with Crippen LogP contribution in [0, 0.1) is 0 Å². The average Bonchev–Trinajstić information content (AvgIpc) is 2.02. The molecule has 1 aromatic rings. The zero-order chi connectivity index (χ0) is 10.6. The predicted octanol–water partition coefficient (Wildman–Crippen LogP) is 1.79. The lowest BCUT2D eigenvalue weighted by atomic mass is 10.2. The molecule has 0 saturated heterocycles. The first-order chi connectivity index (χ1) is 6.47. The van der Waals surface area contributed by atoms with Gasteiger partial charge in [0.15, 0.2) is 0 Å². The van der Waals surface area contributed by atoms with Crippen molar-refractivity contribution in [3.05, 3.63) is 18.6 Å². The van der Waals surface area contributed by atoms with E-state index in [1.807, 2.05) is 0 Å². The number of carbonyl (C=O) groups excluding carboxylic acids is 1. The highest BCUT2D eigenvalue weighted by Crippen LogP contribution is 2.10. The lowest BCUT2D eigenvalue weighted by molar-refractivity contribution is 0.0197. The second-order valence-electron chi connectivity index (χ2n) is 3.61. The van der Waals surface area contributed by atoms with E-state index in [1.165, 1.54) is 18.6 Å². The van der Waals surface area contributed by atoms with Gasteiger partial charge < -0.3 is 9.47 Å². The van der Waals surface area contributed by atoms with Gasteiger partial charge in [0.05, 0.1) is 0 Å². The molecule has 0 bridgehead atoms. The van der Waals surface area contributed by atoms with E-state index in [2.05, 4.69) is 9.97 Å². The van der Waals surface area contributed by atoms with Crippen LogP contribution in [0.1, 0.15) is 20.8 Å². The summed E-state index contributed by atoms with van der Waals surface area (Å²) in [6.07, 6.45) is 2.00. The molecular formula is C9H12N2O3. The summed E-state index contributed by atoms with van der Waals surface area (Å²) >= 11 is 0. The summed E-state index contributed by atoms with van der Waals surface area (Å²) in [6, 6.07) is 1.48. The number of hydrogen-bond donors (Lipinski definition) is 0. The molecule has 0 aliphatic carbocycles. The third-order valence-corrected chi connectivity index (χ3v) is 1.13. The number of rotatable bonds is 1. The lowest BCUT2D eigenvalue weighted by Gasteiger charge is -2.18. The molecule has 0 aliphatic heterocycles. The molecule has 1 aromatic heterocycles. The monoisotopic (exact) mass is 196 g/mol. The fraction of sp³-hybridized carbons (Fsp3) is 0.444. The number of hydrogen-bond acceptors (Lipinski definition) is 5. The van der Waals surface area contributed by atoms with Gasteiger partial charge in [0.2, 0.25) is 5.88 Å². The summed E-state index contributed by atoms with van der Waals surface area (Å²) in [5.41, 5.74) is -0.565. The Morgan fingerprint density at radius 1 is 1.43 bits per heavy atom. The maximum absolute atomic E-state index is 11.1. The van der Waals surface area contributed by atoms with Crippen molar-refractivity contribution in [2.24, 2.45) is 0 Å². The third-order valence-electron chi connectivity index (χ3n) is 1.13. The highest BCUT2D eigenvalue weighted by atomic mass is 16.7. The Labute approximate surface area is 82.1 Å². The van der Waals surface area contributed by atoms with E-state index >= 15 is 0 Å². The third kappa shape index (κ3) is 3.84. The van der Waals surface area contributed by atoms with Crippen molar-refractivity contribution in [2.75, 3.05) is 0 Å². The Morgan fingerprint density at radius 3 is 2.64 bits per heavy atom. The fourth-order valence-electron chi connectivity index (χ4n) is 0.695. The molecule has 0 aliphatic rings. The quantitative estimate of drug-likeness (QED) is 0.641. The van der Waals surface area contributed by atoms with Gasteiger partial charge in [-0.3, -0.25) is 0 Å². The summed E-state index contributed by atoms with van der Waals surface area (Å²) in [5, 5.41) is 0. The number of carbonyl (C=O) groups is 1. The van der Waals surface area contributed by atoms with Crippen LogP contribution in [-0.4, -0.2) is 21.7 Å². The largest absolute Gasteiger partial charge is 0.515 e. The van der Waals surface area contributed by atoms with Crippen molar-refractivity contribution in [1.29, 1.82) is 0 Å². The van der Waals surface area contributed by atoms with Gasteiger partial charge in [-0.25, -0.2) is 14.8 Å². The molecule has 5 nitrogen and oxygen atoms in total. The van der Waals surface area contributed by atoms with E-state index in [-0.39, 0.29) is 5.88 Å². The van der Waals surface area contributed by atoms with Gasteiger partial charge >= 0.3 is 6.16 Å². The molecule has 0 saturated carbocycles. The van der Waals surface area contributed by atoms with E-state index in [0.29, 0.717) is 0 Å². The Morgan fingerprint density at radius 2 is 2.14 bits per heavy atom. The SMILES string of the molecule is CC(C)(C)OC(=O)Oc1ccncn1. The summed E-state index contributed by atoms with van der Waals surface area (Å²) in [5.74, 6) is 0.175. The van der Waals surface area contributed by atoms with Gasteiger partial charge in [-0.15, -0.1) is 0 Å². The molecule has 0 atom stereocenters. The minimum Gasteiger partial charge on any atom is -0.428 e. The predicted molar refractivity (Wildman–Crippen MR) is 48.9 cm³/mol. The van der Waals surface area contributed by atoms with E-state index in [4.69, 9.17) is 9.47 Å². The van der Waals surface area contributed by atoms with Gasteiger partial charge in [0.1, 0.15) is 11.9 Å². The standard InChI is InChI=1S/C9H12N2O3/c1-9(2,3)14-8(12)13-7-4-5-10-6-11-7/h4-6H,1-3H3. The van der Waals surface area contributed by atoms with Crippen molar-refractivity contribution >= 4 is 6.16 Å². The van der Waals surface area contributed by atoms with E-state index < -0.39 is 11.8 Å². The second kappa shape index (κ2) is 4.04. The Bertz CT molecular complexity index is 306. The van der Waals surface area contributed by atoms with Gasteiger partial charge in [0, 0.05) is 12.3 Å².